The summed E-state index contributed by atoms with van der Waals surface area (Å²) in [5.41, 5.74) is 0.0671. The van der Waals surface area contributed by atoms with Gasteiger partial charge in [0.2, 0.25) is 0 Å². The molecule has 1 aliphatic rings. The molecule has 0 bridgehead atoms. The molecule has 0 unspecified atom stereocenters. The fourth-order valence-electron chi connectivity index (χ4n) is 1.84. The Balaban J connectivity index is 2.59. The number of esters is 1. The predicted molar refractivity (Wildman–Crippen MR) is 54.0 cm³/mol. The van der Waals surface area contributed by atoms with Gasteiger partial charge in [-0.2, -0.15) is 0 Å². The molecule has 3 heteroatoms. The first-order chi connectivity index (χ1) is 6.59. The lowest BCUT2D eigenvalue weighted by Crippen LogP contribution is -2.36. The van der Waals surface area contributed by atoms with Crippen LogP contribution < -0.4 is 0 Å². The molecule has 0 saturated heterocycles. The van der Waals surface area contributed by atoms with E-state index in [4.69, 9.17) is 9.47 Å². The second-order valence-electron chi connectivity index (χ2n) is 3.99. The lowest BCUT2D eigenvalue weighted by molar-refractivity contribution is -0.159. The van der Waals surface area contributed by atoms with Gasteiger partial charge < -0.3 is 9.47 Å². The maximum Gasteiger partial charge on any atom is 0.333 e. The molecule has 80 valence electrons. The number of carbonyl (C=O) groups is 1. The first kappa shape index (κ1) is 11.2. The largest absolute Gasteiger partial charge is 0.453 e. The van der Waals surface area contributed by atoms with Crippen LogP contribution >= 0.6 is 0 Å². The van der Waals surface area contributed by atoms with E-state index in [0.717, 1.165) is 25.7 Å². The number of hydrogen-bond acceptors (Lipinski definition) is 3. The van der Waals surface area contributed by atoms with Crippen molar-refractivity contribution in [1.82, 2.24) is 0 Å². The Kier molecular flexibility index (Phi) is 3.69. The van der Waals surface area contributed by atoms with E-state index < -0.39 is 0 Å². The Morgan fingerprint density at radius 3 is 2.43 bits per heavy atom. The minimum absolute atomic E-state index is 0.302. The van der Waals surface area contributed by atoms with Gasteiger partial charge in [0.25, 0.3) is 0 Å². The van der Waals surface area contributed by atoms with Crippen molar-refractivity contribution in [3.05, 3.63) is 12.2 Å². The van der Waals surface area contributed by atoms with Crippen molar-refractivity contribution >= 4 is 5.97 Å². The fraction of sp³-hybridized carbons (Fsp3) is 0.727. The number of methoxy groups -OCH3 is 1. The zero-order chi connectivity index (χ0) is 10.6. The summed E-state index contributed by atoms with van der Waals surface area (Å²) in [7, 11) is 1.63. The highest BCUT2D eigenvalue weighted by Gasteiger charge is 2.37. The molecule has 0 radical (unpaired) electrons. The molecule has 0 amide bonds. The summed E-state index contributed by atoms with van der Waals surface area (Å²) in [5, 5.41) is 0. The van der Waals surface area contributed by atoms with E-state index in [-0.39, 0.29) is 11.6 Å². The molecular weight excluding hydrogens is 180 g/mol. The van der Waals surface area contributed by atoms with Gasteiger partial charge in [-0.15, -0.1) is 0 Å². The number of rotatable bonds is 4. The topological polar surface area (TPSA) is 35.5 Å². The van der Waals surface area contributed by atoms with Crippen molar-refractivity contribution in [2.24, 2.45) is 0 Å². The second kappa shape index (κ2) is 4.60. The molecule has 0 spiro atoms. The zero-order valence-electron chi connectivity index (χ0n) is 8.97. The highest BCUT2D eigenvalue weighted by molar-refractivity contribution is 5.87. The Morgan fingerprint density at radius 1 is 1.43 bits per heavy atom. The summed E-state index contributed by atoms with van der Waals surface area (Å²) in [6.45, 7) is 5.73. The lowest BCUT2D eigenvalue weighted by atomic mass is 10.0. The van der Waals surface area contributed by atoms with Gasteiger partial charge in [-0.3, -0.25) is 0 Å². The van der Waals surface area contributed by atoms with Gasteiger partial charge in [-0.25, -0.2) is 4.79 Å². The van der Waals surface area contributed by atoms with Crippen LogP contribution in [0.5, 0.6) is 0 Å². The van der Waals surface area contributed by atoms with Gasteiger partial charge in [-0.05, 0) is 32.6 Å². The standard InChI is InChI=1S/C11H18O3/c1-9(2)10(12)14-11(8-13-3)6-4-5-7-11/h1,4-8H2,2-3H3. The van der Waals surface area contributed by atoms with E-state index in [9.17, 15) is 4.79 Å². The van der Waals surface area contributed by atoms with Crippen LogP contribution in [-0.4, -0.2) is 25.3 Å². The first-order valence-corrected chi connectivity index (χ1v) is 4.97. The third-order valence-electron chi connectivity index (χ3n) is 2.58. The summed E-state index contributed by atoms with van der Waals surface area (Å²) in [5.74, 6) is -0.302. The molecule has 3 nitrogen and oxygen atoms in total. The van der Waals surface area contributed by atoms with Crippen molar-refractivity contribution in [3.8, 4) is 0 Å². The molecule has 1 fully saturated rings. The molecule has 0 aliphatic heterocycles. The highest BCUT2D eigenvalue weighted by atomic mass is 16.6. The molecule has 14 heavy (non-hydrogen) atoms. The van der Waals surface area contributed by atoms with Gasteiger partial charge in [-0.1, -0.05) is 6.58 Å². The Morgan fingerprint density at radius 2 is 2.00 bits per heavy atom. The summed E-state index contributed by atoms with van der Waals surface area (Å²) in [6.07, 6.45) is 4.01. The molecule has 1 rings (SSSR count). The Hall–Kier alpha value is -0.830. The monoisotopic (exact) mass is 198 g/mol. The van der Waals surface area contributed by atoms with Gasteiger partial charge in [0.1, 0.15) is 5.60 Å². The molecule has 1 saturated carbocycles. The Bertz CT molecular complexity index is 227. The summed E-state index contributed by atoms with van der Waals surface area (Å²) >= 11 is 0. The smallest absolute Gasteiger partial charge is 0.333 e. The van der Waals surface area contributed by atoms with Crippen LogP contribution in [0.15, 0.2) is 12.2 Å². The third-order valence-corrected chi connectivity index (χ3v) is 2.58. The second-order valence-corrected chi connectivity index (χ2v) is 3.99. The van der Waals surface area contributed by atoms with Gasteiger partial charge in [0.05, 0.1) is 6.61 Å². The lowest BCUT2D eigenvalue weighted by Gasteiger charge is -2.28. The predicted octanol–water partition coefficient (Wildman–Crippen LogP) is 2.06. The summed E-state index contributed by atoms with van der Waals surface area (Å²) in [6, 6.07) is 0. The first-order valence-electron chi connectivity index (χ1n) is 4.97. The SMILES string of the molecule is C=C(C)C(=O)OC1(COC)CCCC1. The molecular formula is C11H18O3. The molecule has 1 aliphatic carbocycles. The number of carbonyl (C=O) groups excluding carboxylic acids is 1. The summed E-state index contributed by atoms with van der Waals surface area (Å²) in [4.78, 5) is 11.4. The maximum absolute atomic E-state index is 11.4. The van der Waals surface area contributed by atoms with Gasteiger partial charge >= 0.3 is 5.97 Å². The molecule has 0 aromatic heterocycles. The van der Waals surface area contributed by atoms with Crippen LogP contribution in [0.4, 0.5) is 0 Å². The van der Waals surface area contributed by atoms with Crippen LogP contribution in [0.2, 0.25) is 0 Å². The normalized spacial score (nSPS) is 19.3. The molecule has 0 aromatic rings. The van der Waals surface area contributed by atoms with Crippen molar-refractivity contribution in [1.29, 1.82) is 0 Å². The van der Waals surface area contributed by atoms with Crippen LogP contribution in [0.25, 0.3) is 0 Å². The van der Waals surface area contributed by atoms with Crippen LogP contribution in [0.3, 0.4) is 0 Å². The molecule has 0 N–H and O–H groups in total. The minimum Gasteiger partial charge on any atom is -0.453 e. The van der Waals surface area contributed by atoms with E-state index in [2.05, 4.69) is 6.58 Å². The van der Waals surface area contributed by atoms with E-state index in [1.807, 2.05) is 0 Å². The van der Waals surface area contributed by atoms with Crippen LogP contribution in [-0.2, 0) is 14.3 Å². The van der Waals surface area contributed by atoms with Gasteiger partial charge in [0, 0.05) is 12.7 Å². The molecule has 0 heterocycles. The van der Waals surface area contributed by atoms with Crippen molar-refractivity contribution in [2.75, 3.05) is 13.7 Å². The van der Waals surface area contributed by atoms with E-state index in [1.165, 1.54) is 0 Å². The van der Waals surface area contributed by atoms with E-state index in [0.29, 0.717) is 12.2 Å². The van der Waals surface area contributed by atoms with E-state index >= 15 is 0 Å². The quantitative estimate of drug-likeness (QED) is 0.512. The van der Waals surface area contributed by atoms with E-state index in [1.54, 1.807) is 14.0 Å². The van der Waals surface area contributed by atoms with Crippen molar-refractivity contribution in [3.63, 3.8) is 0 Å². The Labute approximate surface area is 85.1 Å². The third kappa shape index (κ3) is 2.58. The highest BCUT2D eigenvalue weighted by Crippen LogP contribution is 2.33. The van der Waals surface area contributed by atoms with Crippen molar-refractivity contribution in [2.45, 2.75) is 38.2 Å². The fourth-order valence-corrected chi connectivity index (χ4v) is 1.84. The maximum atomic E-state index is 11.4. The molecule has 0 atom stereocenters. The minimum atomic E-state index is -0.384. The summed E-state index contributed by atoms with van der Waals surface area (Å²) < 4.78 is 10.5. The number of hydrogen-bond donors (Lipinski definition) is 0. The zero-order valence-corrected chi connectivity index (χ0v) is 8.97. The van der Waals surface area contributed by atoms with Crippen LogP contribution in [0, 0.1) is 0 Å². The van der Waals surface area contributed by atoms with Crippen LogP contribution in [0.1, 0.15) is 32.6 Å². The van der Waals surface area contributed by atoms with Crippen molar-refractivity contribution < 1.29 is 14.3 Å². The number of ether oxygens (including phenoxy) is 2. The average Bonchev–Trinajstić information content (AvgIpc) is 2.54. The average molecular weight is 198 g/mol. The van der Waals surface area contributed by atoms with Gasteiger partial charge in [0.15, 0.2) is 0 Å². The molecule has 0 aromatic carbocycles.